The topological polar surface area (TPSA) is 111 Å². The summed E-state index contributed by atoms with van der Waals surface area (Å²) in [5.74, 6) is -0.536. The van der Waals surface area contributed by atoms with Gasteiger partial charge < -0.3 is 9.47 Å². The van der Waals surface area contributed by atoms with Gasteiger partial charge >= 0.3 is 11.9 Å². The molecule has 0 aromatic heterocycles. The first kappa shape index (κ1) is 24.7. The fraction of sp³-hybridized carbons (Fsp3) is 0.739. The lowest BCUT2D eigenvalue weighted by Crippen LogP contribution is -2.39. The number of isocyanates is 2. The Morgan fingerprint density at radius 1 is 0.839 bits per heavy atom. The van der Waals surface area contributed by atoms with Gasteiger partial charge in [0.25, 0.3) is 0 Å². The number of esters is 2. The summed E-state index contributed by atoms with van der Waals surface area (Å²) in [5, 5.41) is 0. The van der Waals surface area contributed by atoms with Crippen LogP contribution in [0.1, 0.15) is 59.8 Å². The molecule has 170 valence electrons. The van der Waals surface area contributed by atoms with Crippen molar-refractivity contribution in [3.63, 3.8) is 0 Å². The quantitative estimate of drug-likeness (QED) is 0.264. The van der Waals surface area contributed by atoms with Crippen LogP contribution >= 0.6 is 0 Å². The predicted molar refractivity (Wildman–Crippen MR) is 112 cm³/mol. The van der Waals surface area contributed by atoms with E-state index in [9.17, 15) is 19.2 Å². The van der Waals surface area contributed by atoms with Gasteiger partial charge in [0.15, 0.2) is 0 Å². The highest BCUT2D eigenvalue weighted by Crippen LogP contribution is 2.35. The second-order valence-electron chi connectivity index (χ2n) is 9.12. The Kier molecular flexibility index (Phi) is 8.90. The molecule has 0 amide bonds. The third-order valence-electron chi connectivity index (χ3n) is 6.92. The molecule has 2 aliphatic carbocycles. The Labute approximate surface area is 183 Å². The zero-order chi connectivity index (χ0) is 23.1. The van der Waals surface area contributed by atoms with Gasteiger partial charge in [-0.2, -0.15) is 0 Å². The molecule has 8 nitrogen and oxygen atoms in total. The van der Waals surface area contributed by atoms with Crippen LogP contribution in [0.4, 0.5) is 0 Å². The van der Waals surface area contributed by atoms with Gasteiger partial charge in [0.1, 0.15) is 12.2 Å². The summed E-state index contributed by atoms with van der Waals surface area (Å²) < 4.78 is 11.2. The first-order chi connectivity index (χ1) is 14.7. The number of carbonyl (C=O) groups is 2. The van der Waals surface area contributed by atoms with Crippen molar-refractivity contribution in [2.45, 2.75) is 84.1 Å². The monoisotopic (exact) mass is 432 g/mol. The molecule has 0 bridgehead atoms. The molecule has 0 aromatic rings. The molecule has 0 N–H and O–H groups in total. The Morgan fingerprint density at radius 3 is 1.74 bits per heavy atom. The second kappa shape index (κ2) is 11.2. The first-order valence-electron chi connectivity index (χ1n) is 10.9. The zero-order valence-corrected chi connectivity index (χ0v) is 18.7. The van der Waals surface area contributed by atoms with Crippen LogP contribution in [0.3, 0.4) is 0 Å². The van der Waals surface area contributed by atoms with E-state index in [-0.39, 0.29) is 53.9 Å². The smallest absolute Gasteiger partial charge is 0.334 e. The molecule has 0 radical (unpaired) electrons. The molecule has 8 unspecified atom stereocenters. The fourth-order valence-electron chi connectivity index (χ4n) is 4.53. The van der Waals surface area contributed by atoms with Crippen molar-refractivity contribution in [2.24, 2.45) is 33.7 Å². The summed E-state index contributed by atoms with van der Waals surface area (Å²) in [5.41, 5.74) is 0.0184. The Balaban J connectivity index is 1.91. The summed E-state index contributed by atoms with van der Waals surface area (Å²) in [7, 11) is 0. The highest BCUT2D eigenvalue weighted by molar-refractivity contribution is 5.93. The number of ether oxygens (including phenoxy) is 2. The van der Waals surface area contributed by atoms with Crippen LogP contribution in [-0.4, -0.2) is 48.4 Å². The maximum absolute atomic E-state index is 12.5. The van der Waals surface area contributed by atoms with Gasteiger partial charge in [-0.1, -0.05) is 34.3 Å². The van der Waals surface area contributed by atoms with Gasteiger partial charge in [0, 0.05) is 18.4 Å². The molecule has 0 saturated heterocycles. The highest BCUT2D eigenvalue weighted by atomic mass is 16.6. The average Bonchev–Trinajstić information content (AvgIpc) is 2.69. The van der Waals surface area contributed by atoms with Gasteiger partial charge in [0.2, 0.25) is 12.2 Å². The number of aliphatic imine (C=N–C) groups is 2. The third-order valence-corrected chi connectivity index (χ3v) is 6.92. The lowest BCUT2D eigenvalue weighted by atomic mass is 9.77. The molecule has 2 saturated carbocycles. The van der Waals surface area contributed by atoms with Crippen LogP contribution in [0.2, 0.25) is 0 Å². The Hall–Kier alpha value is -2.56. The van der Waals surface area contributed by atoms with E-state index in [4.69, 9.17) is 9.47 Å². The number of nitrogens with zero attached hydrogens (tertiary/aromatic N) is 2. The number of hydrogen-bond acceptors (Lipinski definition) is 8. The van der Waals surface area contributed by atoms with Crippen LogP contribution in [0, 0.1) is 23.7 Å². The summed E-state index contributed by atoms with van der Waals surface area (Å²) >= 11 is 0. The van der Waals surface area contributed by atoms with Gasteiger partial charge in [-0.25, -0.2) is 24.4 Å². The van der Waals surface area contributed by atoms with Crippen molar-refractivity contribution in [3.8, 4) is 0 Å². The SMILES string of the molecule is C=C(CC(=O)OC1CC(N=C=O)CC(C)C1C)C(=O)OC1CC(N=C=O)CC(C)C1C. The molecule has 0 heterocycles. The zero-order valence-electron chi connectivity index (χ0n) is 18.7. The van der Waals surface area contributed by atoms with E-state index in [1.807, 2.05) is 27.7 Å². The number of carbonyl (C=O) groups excluding carboxylic acids is 4. The van der Waals surface area contributed by atoms with Crippen molar-refractivity contribution < 1.29 is 28.7 Å². The fourth-order valence-corrected chi connectivity index (χ4v) is 4.53. The van der Waals surface area contributed by atoms with Crippen molar-refractivity contribution in [2.75, 3.05) is 0 Å². The molecule has 2 aliphatic rings. The molecule has 8 heteroatoms. The predicted octanol–water partition coefficient (Wildman–Crippen LogP) is 3.30. The Bertz CT molecular complexity index is 783. The maximum atomic E-state index is 12.5. The van der Waals surface area contributed by atoms with Crippen LogP contribution in [-0.2, 0) is 28.7 Å². The molecule has 2 fully saturated rings. The standard InChI is InChI=1S/C23H32N2O6/c1-13-6-18(24-11-26)9-20(16(13)4)30-22(28)8-15(3)23(29)31-21-10-19(25-12-27)7-14(2)17(21)5/h13-14,16-21H,3,6-10H2,1-2,4-5H3. The normalized spacial score (nSPS) is 35.1. The lowest BCUT2D eigenvalue weighted by Gasteiger charge is -2.36. The maximum Gasteiger partial charge on any atom is 0.334 e. The minimum absolute atomic E-state index is 0.0184. The second-order valence-corrected chi connectivity index (χ2v) is 9.12. The molecule has 0 aliphatic heterocycles. The molecule has 8 atom stereocenters. The van der Waals surface area contributed by atoms with E-state index < -0.39 is 18.0 Å². The largest absolute Gasteiger partial charge is 0.462 e. The molecular formula is C23H32N2O6. The number of rotatable bonds is 7. The summed E-state index contributed by atoms with van der Waals surface area (Å²) in [6, 6.07) is -0.442. The average molecular weight is 433 g/mol. The lowest BCUT2D eigenvalue weighted by molar-refractivity contribution is -0.157. The third kappa shape index (κ3) is 6.71. The van der Waals surface area contributed by atoms with E-state index in [0.717, 1.165) is 12.8 Å². The van der Waals surface area contributed by atoms with Gasteiger partial charge in [-0.3, -0.25) is 4.79 Å². The van der Waals surface area contributed by atoms with Gasteiger partial charge in [-0.05, 0) is 36.5 Å². The van der Waals surface area contributed by atoms with Crippen LogP contribution in [0.5, 0.6) is 0 Å². The molecular weight excluding hydrogens is 400 g/mol. The van der Waals surface area contributed by atoms with Crippen LogP contribution in [0.15, 0.2) is 22.1 Å². The molecule has 0 aromatic carbocycles. The summed E-state index contributed by atoms with van der Waals surface area (Å²) in [6.07, 6.45) is 4.48. The molecule has 0 spiro atoms. The van der Waals surface area contributed by atoms with E-state index in [2.05, 4.69) is 16.6 Å². The van der Waals surface area contributed by atoms with Gasteiger partial charge in [-0.15, -0.1) is 0 Å². The molecule has 31 heavy (non-hydrogen) atoms. The summed E-state index contributed by atoms with van der Waals surface area (Å²) in [6.45, 7) is 11.7. The van der Waals surface area contributed by atoms with Crippen LogP contribution < -0.4 is 0 Å². The van der Waals surface area contributed by atoms with E-state index in [1.54, 1.807) is 12.2 Å². The van der Waals surface area contributed by atoms with Crippen LogP contribution in [0.25, 0.3) is 0 Å². The Morgan fingerprint density at radius 2 is 1.29 bits per heavy atom. The highest BCUT2D eigenvalue weighted by Gasteiger charge is 2.37. The van der Waals surface area contributed by atoms with Crippen molar-refractivity contribution in [1.29, 1.82) is 0 Å². The molecule has 2 rings (SSSR count). The van der Waals surface area contributed by atoms with E-state index in [0.29, 0.717) is 12.8 Å². The summed E-state index contributed by atoms with van der Waals surface area (Å²) in [4.78, 5) is 53.7. The van der Waals surface area contributed by atoms with Crippen molar-refractivity contribution in [3.05, 3.63) is 12.2 Å². The first-order valence-corrected chi connectivity index (χ1v) is 10.9. The minimum atomic E-state index is -0.648. The van der Waals surface area contributed by atoms with E-state index >= 15 is 0 Å². The van der Waals surface area contributed by atoms with E-state index in [1.165, 1.54) is 0 Å². The minimum Gasteiger partial charge on any atom is -0.462 e. The van der Waals surface area contributed by atoms with Crippen molar-refractivity contribution in [1.82, 2.24) is 0 Å². The van der Waals surface area contributed by atoms with Gasteiger partial charge in [0.05, 0.1) is 18.5 Å². The van der Waals surface area contributed by atoms with Crippen molar-refractivity contribution >= 4 is 24.1 Å². The number of hydrogen-bond donors (Lipinski definition) is 0.